The third kappa shape index (κ3) is 2.43. The summed E-state index contributed by atoms with van der Waals surface area (Å²) in [5.74, 6) is -3.92. The third-order valence-corrected chi connectivity index (χ3v) is 3.16. The smallest absolute Gasteiger partial charge is 0.308 e. The zero-order valence-electron chi connectivity index (χ0n) is 9.80. The summed E-state index contributed by atoms with van der Waals surface area (Å²) >= 11 is 0. The van der Waals surface area contributed by atoms with Crippen LogP contribution in [0.5, 0.6) is 0 Å². The molecule has 1 rings (SSSR count). The van der Waals surface area contributed by atoms with Crippen LogP contribution < -0.4 is 0 Å². The Bertz CT molecular complexity index is 324. The van der Waals surface area contributed by atoms with Crippen LogP contribution in [0.4, 0.5) is 0 Å². The van der Waals surface area contributed by atoms with Crippen LogP contribution in [0.1, 0.15) is 27.2 Å². The quantitative estimate of drug-likeness (QED) is 0.706. The van der Waals surface area contributed by atoms with Crippen molar-refractivity contribution in [3.63, 3.8) is 0 Å². The Labute approximate surface area is 95.0 Å². The third-order valence-electron chi connectivity index (χ3n) is 3.16. The van der Waals surface area contributed by atoms with Gasteiger partial charge in [-0.15, -0.1) is 0 Å². The van der Waals surface area contributed by atoms with Crippen LogP contribution in [0.25, 0.3) is 0 Å². The SMILES string of the molecule is CC(C)(C)C1C=CCC(C(=O)O)C1C(=O)O. The Hall–Kier alpha value is -1.32. The summed E-state index contributed by atoms with van der Waals surface area (Å²) in [4.78, 5) is 22.3. The topological polar surface area (TPSA) is 74.6 Å². The fraction of sp³-hybridized carbons (Fsp3) is 0.667. The summed E-state index contributed by atoms with van der Waals surface area (Å²) in [5, 5.41) is 18.2. The molecule has 0 spiro atoms. The van der Waals surface area contributed by atoms with Crippen molar-refractivity contribution >= 4 is 11.9 Å². The molecule has 4 heteroatoms. The second-order valence-corrected chi connectivity index (χ2v) is 5.36. The van der Waals surface area contributed by atoms with Gasteiger partial charge in [-0.3, -0.25) is 9.59 Å². The van der Waals surface area contributed by atoms with E-state index in [1.165, 1.54) is 0 Å². The molecule has 0 amide bonds. The largest absolute Gasteiger partial charge is 0.481 e. The minimum absolute atomic E-state index is 0.236. The molecule has 0 heterocycles. The van der Waals surface area contributed by atoms with Gasteiger partial charge in [-0.05, 0) is 17.8 Å². The van der Waals surface area contributed by atoms with E-state index in [1.807, 2.05) is 26.8 Å². The van der Waals surface area contributed by atoms with Crippen molar-refractivity contribution in [3.05, 3.63) is 12.2 Å². The highest BCUT2D eigenvalue weighted by atomic mass is 16.4. The highest BCUT2D eigenvalue weighted by Gasteiger charge is 2.44. The summed E-state index contributed by atoms with van der Waals surface area (Å²) in [6.45, 7) is 5.80. The molecule has 0 fully saturated rings. The second-order valence-electron chi connectivity index (χ2n) is 5.36. The van der Waals surface area contributed by atoms with E-state index in [9.17, 15) is 14.7 Å². The second kappa shape index (κ2) is 4.28. The molecule has 0 saturated carbocycles. The van der Waals surface area contributed by atoms with Crippen LogP contribution in [0.3, 0.4) is 0 Å². The highest BCUT2D eigenvalue weighted by molar-refractivity contribution is 5.81. The van der Waals surface area contributed by atoms with Gasteiger partial charge in [-0.25, -0.2) is 0 Å². The predicted octanol–water partition coefficient (Wildman–Crippen LogP) is 2.01. The van der Waals surface area contributed by atoms with Crippen molar-refractivity contribution in [2.45, 2.75) is 27.2 Å². The van der Waals surface area contributed by atoms with E-state index in [2.05, 4.69) is 0 Å². The van der Waals surface area contributed by atoms with Gasteiger partial charge in [0, 0.05) is 0 Å². The van der Waals surface area contributed by atoms with Crippen molar-refractivity contribution in [2.24, 2.45) is 23.2 Å². The first-order valence-corrected chi connectivity index (χ1v) is 5.37. The maximum atomic E-state index is 11.2. The van der Waals surface area contributed by atoms with Crippen molar-refractivity contribution in [2.75, 3.05) is 0 Å². The van der Waals surface area contributed by atoms with Gasteiger partial charge in [0.25, 0.3) is 0 Å². The number of carbonyl (C=O) groups is 2. The molecule has 1 aliphatic rings. The van der Waals surface area contributed by atoms with Crippen LogP contribution in [0.15, 0.2) is 12.2 Å². The molecule has 0 bridgehead atoms. The van der Waals surface area contributed by atoms with E-state index >= 15 is 0 Å². The van der Waals surface area contributed by atoms with Crippen molar-refractivity contribution in [1.82, 2.24) is 0 Å². The van der Waals surface area contributed by atoms with Gasteiger partial charge in [0.1, 0.15) is 0 Å². The van der Waals surface area contributed by atoms with Gasteiger partial charge in [0.2, 0.25) is 0 Å². The summed E-state index contributed by atoms with van der Waals surface area (Å²) in [6, 6.07) is 0. The first kappa shape index (κ1) is 12.7. The highest BCUT2D eigenvalue weighted by Crippen LogP contribution is 2.41. The van der Waals surface area contributed by atoms with Gasteiger partial charge in [0.15, 0.2) is 0 Å². The summed E-state index contributed by atoms with van der Waals surface area (Å²) in [7, 11) is 0. The van der Waals surface area contributed by atoms with E-state index in [-0.39, 0.29) is 11.3 Å². The summed E-state index contributed by atoms with van der Waals surface area (Å²) < 4.78 is 0. The zero-order chi connectivity index (χ0) is 12.5. The standard InChI is InChI=1S/C12H18O4/c1-12(2,3)8-6-4-5-7(10(13)14)9(8)11(15)16/h4,6-9H,5H2,1-3H3,(H,13,14)(H,15,16). The molecular formula is C12H18O4. The molecule has 0 saturated heterocycles. The van der Waals surface area contributed by atoms with Crippen LogP contribution in [-0.2, 0) is 9.59 Å². The first-order chi connectivity index (χ1) is 7.25. The average molecular weight is 226 g/mol. The molecular weight excluding hydrogens is 208 g/mol. The maximum absolute atomic E-state index is 11.2. The fourth-order valence-electron chi connectivity index (χ4n) is 2.30. The first-order valence-electron chi connectivity index (χ1n) is 5.37. The van der Waals surface area contributed by atoms with Crippen LogP contribution in [0.2, 0.25) is 0 Å². The fourth-order valence-corrected chi connectivity index (χ4v) is 2.30. The Morgan fingerprint density at radius 1 is 1.19 bits per heavy atom. The number of allylic oxidation sites excluding steroid dienone is 2. The number of rotatable bonds is 2. The zero-order valence-corrected chi connectivity index (χ0v) is 9.80. The predicted molar refractivity (Wildman–Crippen MR) is 59.0 cm³/mol. The average Bonchev–Trinajstić information content (AvgIpc) is 2.14. The molecule has 0 aliphatic heterocycles. The monoisotopic (exact) mass is 226 g/mol. The van der Waals surface area contributed by atoms with Gasteiger partial charge >= 0.3 is 11.9 Å². The number of aliphatic carboxylic acids is 2. The number of hydrogen-bond donors (Lipinski definition) is 2. The lowest BCUT2D eigenvalue weighted by molar-refractivity contribution is -0.157. The normalized spacial score (nSPS) is 30.1. The van der Waals surface area contributed by atoms with Crippen molar-refractivity contribution in [1.29, 1.82) is 0 Å². The van der Waals surface area contributed by atoms with Crippen molar-refractivity contribution in [3.8, 4) is 0 Å². The molecule has 0 aromatic carbocycles. The number of carboxylic acids is 2. The van der Waals surface area contributed by atoms with Crippen molar-refractivity contribution < 1.29 is 19.8 Å². The molecule has 1 aliphatic carbocycles. The van der Waals surface area contributed by atoms with Gasteiger partial charge < -0.3 is 10.2 Å². The molecule has 2 N–H and O–H groups in total. The molecule has 16 heavy (non-hydrogen) atoms. The molecule has 0 radical (unpaired) electrons. The Morgan fingerprint density at radius 2 is 1.75 bits per heavy atom. The Morgan fingerprint density at radius 3 is 2.12 bits per heavy atom. The summed E-state index contributed by atoms with van der Waals surface area (Å²) in [5.41, 5.74) is -0.242. The van der Waals surface area contributed by atoms with E-state index < -0.39 is 23.8 Å². The van der Waals surface area contributed by atoms with Gasteiger partial charge in [0.05, 0.1) is 11.8 Å². The number of carboxylic acid groups (broad SMARTS) is 2. The van der Waals surface area contributed by atoms with Gasteiger partial charge in [-0.2, -0.15) is 0 Å². The van der Waals surface area contributed by atoms with Crippen LogP contribution >= 0.6 is 0 Å². The minimum atomic E-state index is -1.02. The van der Waals surface area contributed by atoms with Crippen LogP contribution in [-0.4, -0.2) is 22.2 Å². The summed E-state index contributed by atoms with van der Waals surface area (Å²) in [6.07, 6.45) is 3.94. The molecule has 3 atom stereocenters. The lowest BCUT2D eigenvalue weighted by atomic mass is 9.65. The lowest BCUT2D eigenvalue weighted by Gasteiger charge is -2.37. The van der Waals surface area contributed by atoms with E-state index in [0.29, 0.717) is 6.42 Å². The van der Waals surface area contributed by atoms with E-state index in [0.717, 1.165) is 0 Å². The maximum Gasteiger partial charge on any atom is 0.308 e. The molecule has 4 nitrogen and oxygen atoms in total. The molecule has 0 aromatic rings. The molecule has 0 aromatic heterocycles. The van der Waals surface area contributed by atoms with E-state index in [4.69, 9.17) is 5.11 Å². The van der Waals surface area contributed by atoms with E-state index in [1.54, 1.807) is 6.08 Å². The molecule has 90 valence electrons. The number of hydrogen-bond acceptors (Lipinski definition) is 2. The lowest BCUT2D eigenvalue weighted by Crippen LogP contribution is -2.41. The van der Waals surface area contributed by atoms with Gasteiger partial charge in [-0.1, -0.05) is 32.9 Å². The molecule has 3 unspecified atom stereocenters. The minimum Gasteiger partial charge on any atom is -0.481 e. The van der Waals surface area contributed by atoms with Crippen LogP contribution in [0, 0.1) is 23.2 Å². The Balaban J connectivity index is 3.09. The Kier molecular flexibility index (Phi) is 3.41.